The maximum absolute atomic E-state index is 14.1. The predicted octanol–water partition coefficient (Wildman–Crippen LogP) is 7.79. The third kappa shape index (κ3) is 8.52. The van der Waals surface area contributed by atoms with E-state index in [1.54, 1.807) is 23.9 Å². The van der Waals surface area contributed by atoms with Crippen LogP contribution in [-0.4, -0.2) is 57.8 Å². The van der Waals surface area contributed by atoms with Crippen LogP contribution in [0.1, 0.15) is 57.6 Å². The lowest BCUT2D eigenvalue weighted by Crippen LogP contribution is -2.44. The van der Waals surface area contributed by atoms with Crippen molar-refractivity contribution in [1.82, 2.24) is 15.3 Å². The van der Waals surface area contributed by atoms with E-state index in [4.69, 9.17) is 0 Å². The van der Waals surface area contributed by atoms with Gasteiger partial charge in [-0.25, -0.2) is 22.5 Å². The number of fused-ring (bicyclic) bond motifs is 1. The van der Waals surface area contributed by atoms with E-state index in [1.807, 2.05) is 20.1 Å². The number of halogens is 8. The van der Waals surface area contributed by atoms with Crippen LogP contribution in [0.3, 0.4) is 0 Å². The van der Waals surface area contributed by atoms with Gasteiger partial charge in [-0.05, 0) is 91.0 Å². The standard InChI is InChI=1S/C20H19BrF2N2OS.C11H15F5N2/c1-20(2,27-3)7-6-16-4-5-17(21)19(25-16)18(24-12-26)10-13-8-14(22)11-15(23)9-13;1-4-18-9-7(8(17-18)11(14,15)16)5(2)6(3)10(9,12)13/h4-5,8-9,11-12,18H,10H2,1-3H3,(H,24,26);5-7,9H,4H2,1-3H3/t;5-,6?,7?,9?/m.0/s1. The number of thioether (sulfide) groups is 1. The van der Waals surface area contributed by atoms with Gasteiger partial charge in [0.1, 0.15) is 29.1 Å². The van der Waals surface area contributed by atoms with E-state index in [0.29, 0.717) is 27.8 Å². The van der Waals surface area contributed by atoms with Gasteiger partial charge in [0.25, 0.3) is 5.92 Å². The maximum Gasteiger partial charge on any atom is 0.431 e. The lowest BCUT2D eigenvalue weighted by atomic mass is 9.88. The Morgan fingerprint density at radius 1 is 1.16 bits per heavy atom. The highest BCUT2D eigenvalue weighted by Crippen LogP contribution is 2.54. The Hall–Kier alpha value is -2.79. The van der Waals surface area contributed by atoms with Gasteiger partial charge in [-0.15, -0.1) is 11.8 Å². The molecule has 246 valence electrons. The lowest BCUT2D eigenvalue weighted by molar-refractivity contribution is -0.110. The molecule has 0 radical (unpaired) electrons. The van der Waals surface area contributed by atoms with Gasteiger partial charge >= 0.3 is 6.18 Å². The van der Waals surface area contributed by atoms with Gasteiger partial charge in [-0.2, -0.15) is 18.3 Å². The summed E-state index contributed by atoms with van der Waals surface area (Å²) in [6.45, 7) is 8.37. The Balaban J connectivity index is 0.000000265. The van der Waals surface area contributed by atoms with Crippen molar-refractivity contribution in [1.29, 1.82) is 0 Å². The minimum Gasteiger partial charge on any atom is -0.350 e. The molecule has 1 saturated carbocycles. The monoisotopic (exact) mass is 722 g/mol. The molecule has 4 rings (SSSR count). The zero-order valence-electron chi connectivity index (χ0n) is 25.4. The van der Waals surface area contributed by atoms with Crippen LogP contribution in [-0.2, 0) is 11.2 Å². The summed E-state index contributed by atoms with van der Waals surface area (Å²) in [4.78, 5) is 15.6. The second-order valence-electron chi connectivity index (χ2n) is 11.4. The number of pyridine rings is 1. The van der Waals surface area contributed by atoms with Crippen LogP contribution in [0.25, 0.3) is 0 Å². The van der Waals surface area contributed by atoms with Crippen molar-refractivity contribution in [3.8, 4) is 11.8 Å². The van der Waals surface area contributed by atoms with Crippen LogP contribution >= 0.6 is 27.7 Å². The number of hydrogen-bond donors (Lipinski definition) is 1. The summed E-state index contributed by atoms with van der Waals surface area (Å²) in [5.74, 6) is -1.31. The smallest absolute Gasteiger partial charge is 0.350 e. The summed E-state index contributed by atoms with van der Waals surface area (Å²) in [5, 5.41) is 6.95. The fraction of sp³-hybridized carbons (Fsp3) is 0.516. The number of benzene rings is 1. The number of nitrogens with one attached hydrogen (secondary N) is 1. The molecule has 2 heterocycles. The van der Waals surface area contributed by atoms with Gasteiger partial charge in [0, 0.05) is 28.9 Å². The van der Waals surface area contributed by atoms with E-state index in [0.717, 1.165) is 11.1 Å². The largest absolute Gasteiger partial charge is 0.431 e. The molecule has 2 aliphatic rings. The van der Waals surface area contributed by atoms with Crippen LogP contribution in [0.2, 0.25) is 0 Å². The number of hydrazone groups is 1. The Kier molecular flexibility index (Phi) is 11.7. The summed E-state index contributed by atoms with van der Waals surface area (Å²) in [6, 6.07) is 4.84. The first-order valence-electron chi connectivity index (χ1n) is 14.1. The fourth-order valence-corrected chi connectivity index (χ4v) is 5.99. The van der Waals surface area contributed by atoms with Gasteiger partial charge in [0.15, 0.2) is 0 Å². The number of carbonyl (C=O) groups is 1. The quantitative estimate of drug-likeness (QED) is 0.180. The average Bonchev–Trinajstić information content (AvgIpc) is 3.44. The zero-order valence-corrected chi connectivity index (χ0v) is 27.8. The Morgan fingerprint density at radius 2 is 1.78 bits per heavy atom. The van der Waals surface area contributed by atoms with Gasteiger partial charge in [-0.3, -0.25) is 9.80 Å². The molecule has 1 fully saturated rings. The van der Waals surface area contributed by atoms with Crippen molar-refractivity contribution in [2.75, 3.05) is 12.8 Å². The number of hydrogen-bond acceptors (Lipinski definition) is 5. The van der Waals surface area contributed by atoms with Crippen molar-refractivity contribution < 1.29 is 35.5 Å². The maximum atomic E-state index is 14.1. The molecule has 1 aromatic heterocycles. The highest BCUT2D eigenvalue weighted by atomic mass is 79.9. The van der Waals surface area contributed by atoms with E-state index in [9.17, 15) is 35.5 Å². The summed E-state index contributed by atoms with van der Waals surface area (Å²) in [6.07, 6.45) is -1.92. The third-order valence-corrected chi connectivity index (χ3v) is 9.81. The van der Waals surface area contributed by atoms with Crippen molar-refractivity contribution in [2.24, 2.45) is 22.9 Å². The first-order chi connectivity index (χ1) is 20.9. The Labute approximate surface area is 270 Å². The lowest BCUT2D eigenvalue weighted by Gasteiger charge is -2.28. The number of carbonyl (C=O) groups excluding carboxylic acids is 1. The minimum atomic E-state index is -4.64. The van der Waals surface area contributed by atoms with Crippen molar-refractivity contribution in [3.63, 3.8) is 0 Å². The number of amides is 1. The molecule has 0 bridgehead atoms. The van der Waals surface area contributed by atoms with Crippen molar-refractivity contribution in [2.45, 2.75) is 70.0 Å². The molecule has 5 atom stereocenters. The number of aromatic nitrogens is 1. The molecule has 0 spiro atoms. The summed E-state index contributed by atoms with van der Waals surface area (Å²) in [7, 11) is 0. The molecular formula is C31H34BrF7N4OS. The van der Waals surface area contributed by atoms with E-state index in [-0.39, 0.29) is 17.7 Å². The average molecular weight is 724 g/mol. The van der Waals surface area contributed by atoms with Crippen molar-refractivity contribution in [3.05, 3.63) is 63.4 Å². The van der Waals surface area contributed by atoms with Crippen LogP contribution in [0.4, 0.5) is 30.7 Å². The van der Waals surface area contributed by atoms with E-state index >= 15 is 0 Å². The van der Waals surface area contributed by atoms with Crippen LogP contribution < -0.4 is 5.32 Å². The third-order valence-electron chi connectivity index (χ3n) is 8.02. The van der Waals surface area contributed by atoms with Crippen molar-refractivity contribution >= 4 is 39.8 Å². The highest BCUT2D eigenvalue weighted by Gasteiger charge is 2.68. The molecule has 1 aliphatic carbocycles. The molecule has 1 aliphatic heterocycles. The molecule has 1 N–H and O–H groups in total. The highest BCUT2D eigenvalue weighted by molar-refractivity contribution is 9.10. The molecule has 4 unspecified atom stereocenters. The van der Waals surface area contributed by atoms with Gasteiger partial charge in [-0.1, -0.05) is 19.8 Å². The van der Waals surface area contributed by atoms with E-state index < -0.39 is 59.3 Å². The molecule has 45 heavy (non-hydrogen) atoms. The molecule has 14 heteroatoms. The first-order valence-corrected chi connectivity index (χ1v) is 16.1. The molecule has 1 aromatic carbocycles. The summed E-state index contributed by atoms with van der Waals surface area (Å²) < 4.78 is 94.1. The van der Waals surface area contributed by atoms with Gasteiger partial charge in [0.05, 0.1) is 16.5 Å². The van der Waals surface area contributed by atoms with E-state index in [2.05, 4.69) is 43.2 Å². The summed E-state index contributed by atoms with van der Waals surface area (Å²) >= 11 is 5.06. The number of nitrogens with zero attached hydrogens (tertiary/aromatic N) is 3. The van der Waals surface area contributed by atoms with E-state index in [1.165, 1.54) is 32.9 Å². The van der Waals surface area contributed by atoms with Gasteiger partial charge < -0.3 is 5.32 Å². The fourth-order valence-electron chi connectivity index (χ4n) is 5.34. The SMILES string of the molecule is CCN1N=C(C(F)(F)F)C2C1C(F)(F)C(C)[C@@H]2C.CSC(C)(C)C#Cc1ccc(Br)c(C(Cc2cc(F)cc(F)c2)NC=O)n1. The molecule has 5 nitrogen and oxygen atoms in total. The molecule has 2 aromatic rings. The van der Waals surface area contributed by atoms with Crippen LogP contribution in [0, 0.1) is 41.2 Å². The second-order valence-corrected chi connectivity index (χ2v) is 13.7. The Bertz CT molecular complexity index is 1450. The van der Waals surface area contributed by atoms with Gasteiger partial charge in [0.2, 0.25) is 6.41 Å². The van der Waals surface area contributed by atoms with Crippen LogP contribution in [0.5, 0.6) is 0 Å². The molecule has 0 saturated heterocycles. The zero-order chi connectivity index (χ0) is 33.9. The number of rotatable bonds is 7. The molecular weight excluding hydrogens is 689 g/mol. The minimum absolute atomic E-state index is 0.0514. The second kappa shape index (κ2) is 14.3. The normalized spacial score (nSPS) is 22.8. The topological polar surface area (TPSA) is 57.6 Å². The first kappa shape index (κ1) is 36.7. The molecule has 1 amide bonds. The number of alkyl halides is 5. The summed E-state index contributed by atoms with van der Waals surface area (Å²) in [5.41, 5.74) is 0.463. The predicted molar refractivity (Wildman–Crippen MR) is 165 cm³/mol. The van der Waals surface area contributed by atoms with Crippen LogP contribution in [0.15, 0.2) is 39.9 Å². The Morgan fingerprint density at radius 3 is 2.31 bits per heavy atom.